The summed E-state index contributed by atoms with van der Waals surface area (Å²) in [6.07, 6.45) is -5.91. The average molecular weight is 277 g/mol. The molecule has 0 radical (unpaired) electrons. The molecule has 0 aromatic heterocycles. The van der Waals surface area contributed by atoms with E-state index in [0.29, 0.717) is 0 Å². The summed E-state index contributed by atoms with van der Waals surface area (Å²) < 4.78 is 60.1. The molecular formula is C9H18F3NO3S. The van der Waals surface area contributed by atoms with Crippen LogP contribution < -0.4 is 0 Å². The van der Waals surface area contributed by atoms with Gasteiger partial charge >= 0.3 is 6.18 Å². The van der Waals surface area contributed by atoms with Crippen LogP contribution >= 0.6 is 0 Å². The van der Waals surface area contributed by atoms with E-state index in [1.165, 1.54) is 0 Å². The van der Waals surface area contributed by atoms with E-state index in [2.05, 4.69) is 0 Å². The third-order valence-electron chi connectivity index (χ3n) is 2.12. The van der Waals surface area contributed by atoms with Crippen molar-refractivity contribution in [2.24, 2.45) is 0 Å². The summed E-state index contributed by atoms with van der Waals surface area (Å²) in [4.78, 5) is 0. The molecule has 0 aromatic rings. The Hall–Kier alpha value is -0.340. The lowest BCUT2D eigenvalue weighted by Crippen LogP contribution is -2.40. The highest BCUT2D eigenvalue weighted by Crippen LogP contribution is 2.22. The Morgan fingerprint density at radius 1 is 1.29 bits per heavy atom. The van der Waals surface area contributed by atoms with Crippen molar-refractivity contribution in [2.75, 3.05) is 18.9 Å². The van der Waals surface area contributed by atoms with Crippen LogP contribution in [-0.4, -0.2) is 49.0 Å². The number of halogens is 3. The third kappa shape index (κ3) is 6.85. The first-order valence-corrected chi connectivity index (χ1v) is 6.88. The fourth-order valence-corrected chi connectivity index (χ4v) is 3.14. The van der Waals surface area contributed by atoms with E-state index >= 15 is 0 Å². The maximum atomic E-state index is 11.9. The molecule has 0 aliphatic rings. The molecule has 0 atom stereocenters. The van der Waals surface area contributed by atoms with E-state index < -0.39 is 34.8 Å². The Morgan fingerprint density at radius 2 is 1.82 bits per heavy atom. The molecule has 0 spiro atoms. The summed E-state index contributed by atoms with van der Waals surface area (Å²) in [6.45, 7) is 2.77. The van der Waals surface area contributed by atoms with Crippen molar-refractivity contribution in [1.82, 2.24) is 4.31 Å². The lowest BCUT2D eigenvalue weighted by Gasteiger charge is -2.25. The lowest BCUT2D eigenvalue weighted by atomic mass is 10.3. The van der Waals surface area contributed by atoms with Crippen LogP contribution in [0.4, 0.5) is 13.2 Å². The molecule has 17 heavy (non-hydrogen) atoms. The molecule has 0 fully saturated rings. The molecule has 0 bridgehead atoms. The monoisotopic (exact) mass is 277 g/mol. The van der Waals surface area contributed by atoms with Gasteiger partial charge in [0.2, 0.25) is 10.0 Å². The van der Waals surface area contributed by atoms with Gasteiger partial charge in [-0.2, -0.15) is 17.5 Å². The zero-order valence-electron chi connectivity index (χ0n) is 9.87. The molecule has 104 valence electrons. The minimum Gasteiger partial charge on any atom is -0.395 e. The van der Waals surface area contributed by atoms with Crippen molar-refractivity contribution < 1.29 is 26.7 Å². The van der Waals surface area contributed by atoms with Crippen molar-refractivity contribution >= 4 is 10.0 Å². The number of hydrogen-bond donors (Lipinski definition) is 1. The molecule has 0 amide bonds. The van der Waals surface area contributed by atoms with Crippen LogP contribution in [-0.2, 0) is 10.0 Å². The smallest absolute Gasteiger partial charge is 0.389 e. The van der Waals surface area contributed by atoms with Gasteiger partial charge in [-0.3, -0.25) is 0 Å². The van der Waals surface area contributed by atoms with Gasteiger partial charge in [0.05, 0.1) is 12.4 Å². The van der Waals surface area contributed by atoms with Crippen molar-refractivity contribution in [3.8, 4) is 0 Å². The highest BCUT2D eigenvalue weighted by Gasteiger charge is 2.29. The largest absolute Gasteiger partial charge is 0.395 e. The summed E-state index contributed by atoms with van der Waals surface area (Å²) in [5.74, 6) is -0.551. The highest BCUT2D eigenvalue weighted by atomic mass is 32.2. The molecule has 8 heteroatoms. The molecule has 0 aromatic carbocycles. The van der Waals surface area contributed by atoms with Gasteiger partial charge in [0.1, 0.15) is 0 Å². The standard InChI is InChI=1S/C9H18F3NO3S/c1-8(2)13(5-6-14)17(15,16)7-3-4-9(10,11)12/h8,14H,3-7H2,1-2H3. The molecule has 0 rings (SSSR count). The number of rotatable bonds is 7. The van der Waals surface area contributed by atoms with Gasteiger partial charge in [-0.05, 0) is 20.3 Å². The van der Waals surface area contributed by atoms with Crippen molar-refractivity contribution in [1.29, 1.82) is 0 Å². The van der Waals surface area contributed by atoms with Gasteiger partial charge in [0.25, 0.3) is 0 Å². The number of hydrogen-bond acceptors (Lipinski definition) is 3. The molecule has 0 saturated carbocycles. The second kappa shape index (κ2) is 6.55. The molecular weight excluding hydrogens is 259 g/mol. The van der Waals surface area contributed by atoms with Crippen molar-refractivity contribution in [2.45, 2.75) is 38.9 Å². The number of aliphatic hydroxyl groups excluding tert-OH is 1. The average Bonchev–Trinajstić information content (AvgIpc) is 2.10. The van der Waals surface area contributed by atoms with E-state index in [4.69, 9.17) is 5.11 Å². The van der Waals surface area contributed by atoms with Crippen LogP contribution in [0.1, 0.15) is 26.7 Å². The summed E-state index contributed by atoms with van der Waals surface area (Å²) >= 11 is 0. The Balaban J connectivity index is 4.44. The summed E-state index contributed by atoms with van der Waals surface area (Å²) in [7, 11) is -3.73. The minimum absolute atomic E-state index is 0.0913. The third-order valence-corrected chi connectivity index (χ3v) is 4.24. The van der Waals surface area contributed by atoms with Crippen molar-refractivity contribution in [3.63, 3.8) is 0 Å². The van der Waals surface area contributed by atoms with E-state index in [9.17, 15) is 21.6 Å². The first-order valence-electron chi connectivity index (χ1n) is 5.27. The van der Waals surface area contributed by atoms with Gasteiger partial charge in [-0.1, -0.05) is 0 Å². The predicted octanol–water partition coefficient (Wildman–Crippen LogP) is 1.36. The van der Waals surface area contributed by atoms with Gasteiger partial charge in [-0.15, -0.1) is 0 Å². The molecule has 0 heterocycles. The van der Waals surface area contributed by atoms with Crippen LogP contribution in [0.5, 0.6) is 0 Å². The topological polar surface area (TPSA) is 57.6 Å². The number of nitrogens with zero attached hydrogens (tertiary/aromatic N) is 1. The van der Waals surface area contributed by atoms with Crippen LogP contribution in [0.25, 0.3) is 0 Å². The van der Waals surface area contributed by atoms with Crippen LogP contribution in [0, 0.1) is 0 Å². The lowest BCUT2D eigenvalue weighted by molar-refractivity contribution is -0.134. The number of sulfonamides is 1. The number of aliphatic hydroxyl groups is 1. The fourth-order valence-electron chi connectivity index (χ4n) is 1.39. The molecule has 0 aliphatic heterocycles. The zero-order chi connectivity index (χ0) is 13.7. The van der Waals surface area contributed by atoms with E-state index in [0.717, 1.165) is 4.31 Å². The molecule has 1 N–H and O–H groups in total. The Morgan fingerprint density at radius 3 is 2.18 bits per heavy atom. The van der Waals surface area contributed by atoms with E-state index in [-0.39, 0.29) is 19.2 Å². The van der Waals surface area contributed by atoms with Gasteiger partial charge in [-0.25, -0.2) is 8.42 Å². The Kier molecular flexibility index (Phi) is 6.42. The summed E-state index contributed by atoms with van der Waals surface area (Å²) in [6, 6.07) is -0.377. The Labute approximate surface area is 99.5 Å². The van der Waals surface area contributed by atoms with E-state index in [1.807, 2.05) is 0 Å². The second-order valence-corrected chi connectivity index (χ2v) is 6.00. The SMILES string of the molecule is CC(C)N(CCO)S(=O)(=O)CCCC(F)(F)F. The fraction of sp³-hybridized carbons (Fsp3) is 1.00. The highest BCUT2D eigenvalue weighted by molar-refractivity contribution is 7.89. The van der Waals surface area contributed by atoms with Gasteiger partial charge in [0.15, 0.2) is 0 Å². The maximum absolute atomic E-state index is 11.9. The predicted molar refractivity (Wildman–Crippen MR) is 58.0 cm³/mol. The quantitative estimate of drug-likeness (QED) is 0.764. The molecule has 0 aliphatic carbocycles. The van der Waals surface area contributed by atoms with Crippen LogP contribution in [0.2, 0.25) is 0 Å². The summed E-state index contributed by atoms with van der Waals surface area (Å²) in [5.41, 5.74) is 0. The molecule has 4 nitrogen and oxygen atoms in total. The van der Waals surface area contributed by atoms with Crippen LogP contribution in [0.3, 0.4) is 0 Å². The first kappa shape index (κ1) is 16.7. The minimum atomic E-state index is -4.34. The molecule has 0 unspecified atom stereocenters. The maximum Gasteiger partial charge on any atom is 0.389 e. The van der Waals surface area contributed by atoms with E-state index in [1.54, 1.807) is 13.8 Å². The normalized spacial score (nSPS) is 13.6. The van der Waals surface area contributed by atoms with Crippen LogP contribution in [0.15, 0.2) is 0 Å². The summed E-state index contributed by atoms with van der Waals surface area (Å²) in [5, 5.41) is 8.72. The zero-order valence-corrected chi connectivity index (χ0v) is 10.7. The first-order chi connectivity index (χ1) is 7.60. The van der Waals surface area contributed by atoms with Crippen molar-refractivity contribution in [3.05, 3.63) is 0 Å². The number of alkyl halides is 3. The van der Waals surface area contributed by atoms with Gasteiger partial charge < -0.3 is 5.11 Å². The van der Waals surface area contributed by atoms with Gasteiger partial charge in [0, 0.05) is 19.0 Å². The Bertz CT molecular complexity index is 314. The molecule has 0 saturated heterocycles. The second-order valence-electron chi connectivity index (χ2n) is 3.96.